The maximum absolute atomic E-state index is 11.9. The fourth-order valence-corrected chi connectivity index (χ4v) is 3.28. The zero-order chi connectivity index (χ0) is 14.6. The van der Waals surface area contributed by atoms with Crippen LogP contribution in [0.2, 0.25) is 0 Å². The molecule has 0 atom stereocenters. The Bertz CT molecular complexity index is 749. The number of nitrogens with one attached hydrogen (secondary N) is 1. The summed E-state index contributed by atoms with van der Waals surface area (Å²) >= 11 is 2.27. The van der Waals surface area contributed by atoms with Crippen LogP contribution in [0.1, 0.15) is 29.0 Å². The number of fused-ring (bicyclic) bond motifs is 4. The number of carbonyl (C=O) groups excluding carboxylic acids is 1. The molecular weight excluding hydrogens is 381 g/mol. The molecule has 2 aliphatic rings. The first-order valence-electron chi connectivity index (χ1n) is 6.88. The molecule has 1 aliphatic carbocycles. The molecule has 1 aromatic carbocycles. The molecule has 108 valence electrons. The number of carbonyl (C=O) groups is 1. The van der Waals surface area contributed by atoms with Crippen molar-refractivity contribution in [2.75, 3.05) is 13.7 Å². The summed E-state index contributed by atoms with van der Waals surface area (Å²) in [5.74, 6) is 0.673. The smallest absolute Gasteiger partial charge is 0.271 e. The predicted molar refractivity (Wildman–Crippen MR) is 86.1 cm³/mol. The summed E-state index contributed by atoms with van der Waals surface area (Å²) in [5, 5.41) is 7.16. The number of halogens is 1. The summed E-state index contributed by atoms with van der Waals surface area (Å²) in [6.07, 6.45) is 2.16. The van der Waals surface area contributed by atoms with Gasteiger partial charge in [0.25, 0.3) is 5.91 Å². The highest BCUT2D eigenvalue weighted by Crippen LogP contribution is 2.51. The van der Waals surface area contributed by atoms with Gasteiger partial charge in [-0.05, 0) is 59.7 Å². The van der Waals surface area contributed by atoms with Gasteiger partial charge in [-0.2, -0.15) is 5.10 Å². The molecule has 0 bridgehead atoms. The van der Waals surface area contributed by atoms with Gasteiger partial charge < -0.3 is 10.1 Å². The van der Waals surface area contributed by atoms with Gasteiger partial charge in [-0.1, -0.05) is 0 Å². The van der Waals surface area contributed by atoms with E-state index < -0.39 is 0 Å². The summed E-state index contributed by atoms with van der Waals surface area (Å²) in [7, 11) is 1.62. The summed E-state index contributed by atoms with van der Waals surface area (Å²) in [5.41, 5.74) is 2.48. The number of ether oxygens (including phenoxy) is 1. The SMILES string of the molecule is CNC(=O)c1cc2n(n1)-c1cc(I)ccc1OCC21CC1. The average Bonchev–Trinajstić information content (AvgIpc) is 3.17. The summed E-state index contributed by atoms with van der Waals surface area (Å²) in [6, 6.07) is 7.95. The molecule has 1 aliphatic heterocycles. The van der Waals surface area contributed by atoms with E-state index in [1.807, 2.05) is 28.9 Å². The normalized spacial score (nSPS) is 17.4. The van der Waals surface area contributed by atoms with Crippen LogP contribution in [0.5, 0.6) is 5.75 Å². The van der Waals surface area contributed by atoms with Gasteiger partial charge in [0.15, 0.2) is 5.69 Å². The van der Waals surface area contributed by atoms with E-state index in [4.69, 9.17) is 4.74 Å². The zero-order valence-electron chi connectivity index (χ0n) is 11.5. The van der Waals surface area contributed by atoms with E-state index in [9.17, 15) is 4.79 Å². The molecule has 1 fully saturated rings. The lowest BCUT2D eigenvalue weighted by Crippen LogP contribution is -2.18. The van der Waals surface area contributed by atoms with Crippen LogP contribution in [-0.2, 0) is 5.41 Å². The van der Waals surface area contributed by atoms with Crippen LogP contribution in [0.4, 0.5) is 0 Å². The maximum Gasteiger partial charge on any atom is 0.271 e. The molecule has 1 N–H and O–H groups in total. The second-order valence-electron chi connectivity index (χ2n) is 5.59. The molecule has 21 heavy (non-hydrogen) atoms. The average molecular weight is 395 g/mol. The summed E-state index contributed by atoms with van der Waals surface area (Å²) in [6.45, 7) is 0.652. The Hall–Kier alpha value is -1.57. The fraction of sp³-hybridized carbons (Fsp3) is 0.333. The van der Waals surface area contributed by atoms with Crippen molar-refractivity contribution in [3.05, 3.63) is 39.2 Å². The highest BCUT2D eigenvalue weighted by atomic mass is 127. The highest BCUT2D eigenvalue weighted by Gasteiger charge is 2.50. The van der Waals surface area contributed by atoms with Crippen LogP contribution < -0.4 is 10.1 Å². The standard InChI is InChI=1S/C15H14IN3O2/c1-17-14(20)10-7-13-15(4-5-15)8-21-12-3-2-9(16)6-11(12)19(13)18-10/h2-3,6-7H,4-5,8H2,1H3,(H,17,20). The largest absolute Gasteiger partial charge is 0.490 e. The number of hydrogen-bond acceptors (Lipinski definition) is 3. The minimum atomic E-state index is -0.153. The Morgan fingerprint density at radius 2 is 2.24 bits per heavy atom. The lowest BCUT2D eigenvalue weighted by Gasteiger charge is -2.11. The number of nitrogens with zero attached hydrogens (tertiary/aromatic N) is 2. The van der Waals surface area contributed by atoms with Crippen molar-refractivity contribution >= 4 is 28.5 Å². The van der Waals surface area contributed by atoms with Crippen molar-refractivity contribution in [1.29, 1.82) is 0 Å². The van der Waals surface area contributed by atoms with Crippen LogP contribution >= 0.6 is 22.6 Å². The molecule has 2 aromatic rings. The van der Waals surface area contributed by atoms with E-state index in [0.717, 1.165) is 33.5 Å². The molecule has 0 radical (unpaired) electrons. The van der Waals surface area contributed by atoms with Gasteiger partial charge in [0.1, 0.15) is 11.4 Å². The van der Waals surface area contributed by atoms with E-state index in [0.29, 0.717) is 12.3 Å². The van der Waals surface area contributed by atoms with Crippen LogP contribution in [0.15, 0.2) is 24.3 Å². The van der Waals surface area contributed by atoms with Gasteiger partial charge in [0, 0.05) is 16.0 Å². The van der Waals surface area contributed by atoms with E-state index in [1.54, 1.807) is 7.05 Å². The highest BCUT2D eigenvalue weighted by molar-refractivity contribution is 14.1. The molecule has 1 aromatic heterocycles. The summed E-state index contributed by atoms with van der Waals surface area (Å²) < 4.78 is 8.99. The van der Waals surface area contributed by atoms with E-state index >= 15 is 0 Å². The molecule has 6 heteroatoms. The van der Waals surface area contributed by atoms with Crippen LogP contribution in [0, 0.1) is 3.57 Å². The van der Waals surface area contributed by atoms with Crippen LogP contribution in [0.3, 0.4) is 0 Å². The van der Waals surface area contributed by atoms with Crippen LogP contribution in [0.25, 0.3) is 5.69 Å². The van der Waals surface area contributed by atoms with Gasteiger partial charge in [-0.25, -0.2) is 4.68 Å². The van der Waals surface area contributed by atoms with E-state index in [1.165, 1.54) is 0 Å². The van der Waals surface area contributed by atoms with Crippen molar-refractivity contribution in [2.24, 2.45) is 0 Å². The lowest BCUT2D eigenvalue weighted by atomic mass is 10.0. The van der Waals surface area contributed by atoms with Crippen molar-refractivity contribution < 1.29 is 9.53 Å². The third kappa shape index (κ3) is 1.96. The van der Waals surface area contributed by atoms with Gasteiger partial charge in [-0.3, -0.25) is 4.79 Å². The molecule has 1 saturated carbocycles. The quantitative estimate of drug-likeness (QED) is 0.754. The Kier molecular flexibility index (Phi) is 2.79. The molecule has 5 nitrogen and oxygen atoms in total. The second-order valence-corrected chi connectivity index (χ2v) is 6.83. The topological polar surface area (TPSA) is 56.2 Å². The molecule has 0 unspecified atom stereocenters. The first kappa shape index (κ1) is 13.1. The first-order valence-corrected chi connectivity index (χ1v) is 7.96. The zero-order valence-corrected chi connectivity index (χ0v) is 13.7. The molecule has 4 rings (SSSR count). The van der Waals surface area contributed by atoms with Gasteiger partial charge >= 0.3 is 0 Å². The van der Waals surface area contributed by atoms with E-state index in [-0.39, 0.29) is 11.3 Å². The number of aromatic nitrogens is 2. The Morgan fingerprint density at radius 1 is 1.43 bits per heavy atom. The van der Waals surface area contributed by atoms with Gasteiger partial charge in [0.2, 0.25) is 0 Å². The monoisotopic (exact) mass is 395 g/mol. The molecule has 1 spiro atoms. The van der Waals surface area contributed by atoms with Gasteiger partial charge in [0.05, 0.1) is 12.3 Å². The van der Waals surface area contributed by atoms with Crippen molar-refractivity contribution in [1.82, 2.24) is 15.1 Å². The van der Waals surface area contributed by atoms with Gasteiger partial charge in [-0.15, -0.1) is 0 Å². The number of benzene rings is 1. The molecular formula is C15H14IN3O2. The Balaban J connectivity index is 1.95. The van der Waals surface area contributed by atoms with Crippen molar-refractivity contribution in [3.8, 4) is 11.4 Å². The molecule has 0 saturated heterocycles. The molecule has 1 amide bonds. The third-order valence-electron chi connectivity index (χ3n) is 4.22. The Morgan fingerprint density at radius 3 is 2.95 bits per heavy atom. The third-order valence-corrected chi connectivity index (χ3v) is 4.89. The fourth-order valence-electron chi connectivity index (χ4n) is 2.80. The Labute approximate surface area is 135 Å². The number of rotatable bonds is 1. The second kappa shape index (κ2) is 4.46. The van der Waals surface area contributed by atoms with E-state index in [2.05, 4.69) is 33.0 Å². The van der Waals surface area contributed by atoms with Crippen molar-refractivity contribution in [3.63, 3.8) is 0 Å². The predicted octanol–water partition coefficient (Wildman–Crippen LogP) is 2.26. The lowest BCUT2D eigenvalue weighted by molar-refractivity contribution is 0.0957. The maximum atomic E-state index is 11.9. The number of hydrogen-bond donors (Lipinski definition) is 1. The summed E-state index contributed by atoms with van der Waals surface area (Å²) in [4.78, 5) is 11.9. The first-order chi connectivity index (χ1) is 10.1. The number of amides is 1. The minimum Gasteiger partial charge on any atom is -0.490 e. The van der Waals surface area contributed by atoms with Crippen molar-refractivity contribution in [2.45, 2.75) is 18.3 Å². The van der Waals surface area contributed by atoms with Crippen LogP contribution in [-0.4, -0.2) is 29.3 Å². The molecule has 2 heterocycles. The minimum absolute atomic E-state index is 0.0176.